The first-order valence-corrected chi connectivity index (χ1v) is 17.4. The Labute approximate surface area is 274 Å². The van der Waals surface area contributed by atoms with Gasteiger partial charge in [-0.15, -0.1) is 0 Å². The van der Waals surface area contributed by atoms with Crippen LogP contribution in [0.15, 0.2) is 0 Å². The lowest BCUT2D eigenvalue weighted by atomic mass is 10.1. The van der Waals surface area contributed by atoms with Crippen LogP contribution in [-0.4, -0.2) is 159 Å². The molecule has 0 fully saturated rings. The molecule has 0 saturated heterocycles. The Kier molecular flexibility index (Phi) is 43.1. The Balaban J connectivity index is 3.03. The molecule has 0 bridgehead atoms. The molecule has 0 rings (SSSR count). The van der Waals surface area contributed by atoms with Crippen LogP contribution in [0.5, 0.6) is 0 Å². The smallest absolute Gasteiger partial charge is 0.0701 e. The fourth-order valence-electron chi connectivity index (χ4n) is 3.81. The van der Waals surface area contributed by atoms with E-state index in [2.05, 4.69) is 12.2 Å². The number of likely N-dealkylation sites (N-methyl/N-ethyl adjacent to an activating group) is 1. The highest BCUT2D eigenvalue weighted by atomic mass is 16.6. The van der Waals surface area contributed by atoms with E-state index in [0.29, 0.717) is 139 Å². The van der Waals surface area contributed by atoms with Crippen molar-refractivity contribution >= 4 is 0 Å². The van der Waals surface area contributed by atoms with Crippen molar-refractivity contribution < 1.29 is 52.1 Å². The van der Waals surface area contributed by atoms with Gasteiger partial charge >= 0.3 is 0 Å². The van der Waals surface area contributed by atoms with Crippen LogP contribution < -0.4 is 5.32 Å². The molecule has 0 aromatic rings. The van der Waals surface area contributed by atoms with Crippen LogP contribution in [0.4, 0.5) is 0 Å². The third-order valence-electron chi connectivity index (χ3n) is 6.36. The van der Waals surface area contributed by atoms with Crippen molar-refractivity contribution in [2.24, 2.45) is 0 Å². The summed E-state index contributed by atoms with van der Waals surface area (Å²) in [7, 11) is 1.90. The van der Waals surface area contributed by atoms with Crippen LogP contribution in [0.25, 0.3) is 0 Å². The van der Waals surface area contributed by atoms with Crippen molar-refractivity contribution in [3.05, 3.63) is 0 Å². The molecule has 0 saturated carbocycles. The lowest BCUT2D eigenvalue weighted by Gasteiger charge is -2.09. The first kappa shape index (κ1) is 44.5. The van der Waals surface area contributed by atoms with Crippen molar-refractivity contribution in [3.63, 3.8) is 0 Å². The van der Waals surface area contributed by atoms with E-state index in [4.69, 9.17) is 52.1 Å². The van der Waals surface area contributed by atoms with Gasteiger partial charge in [-0.1, -0.05) is 51.9 Å². The number of ether oxygens (including phenoxy) is 11. The Hall–Kier alpha value is -0.480. The molecule has 0 aromatic carbocycles. The van der Waals surface area contributed by atoms with E-state index >= 15 is 0 Å². The molecule has 0 atom stereocenters. The Bertz CT molecular complexity index is 467. The molecule has 0 heterocycles. The number of unbranched alkanes of at least 4 members (excludes halogenated alkanes) is 7. The molecular formula is C33H69NO11. The number of nitrogens with one attached hydrogen (secondary N) is 1. The van der Waals surface area contributed by atoms with Gasteiger partial charge in [0.2, 0.25) is 0 Å². The van der Waals surface area contributed by atoms with Gasteiger partial charge in [0, 0.05) is 13.2 Å². The van der Waals surface area contributed by atoms with E-state index in [1.54, 1.807) is 0 Å². The van der Waals surface area contributed by atoms with Crippen LogP contribution in [0.2, 0.25) is 0 Å². The summed E-state index contributed by atoms with van der Waals surface area (Å²) in [6.45, 7) is 15.7. The van der Waals surface area contributed by atoms with Crippen molar-refractivity contribution in [1.29, 1.82) is 0 Å². The molecule has 0 aliphatic heterocycles. The van der Waals surface area contributed by atoms with Gasteiger partial charge in [0.15, 0.2) is 0 Å². The second kappa shape index (κ2) is 43.5. The van der Waals surface area contributed by atoms with Gasteiger partial charge < -0.3 is 57.4 Å². The summed E-state index contributed by atoms with van der Waals surface area (Å²) in [6.07, 6.45) is 10.5. The minimum Gasteiger partial charge on any atom is -0.379 e. The topological polar surface area (TPSA) is 114 Å². The summed E-state index contributed by atoms with van der Waals surface area (Å²) in [5, 5.41) is 3.02. The van der Waals surface area contributed by atoms with Crippen LogP contribution in [0.3, 0.4) is 0 Å². The normalized spacial score (nSPS) is 11.6. The monoisotopic (exact) mass is 655 g/mol. The van der Waals surface area contributed by atoms with Crippen molar-refractivity contribution in [2.45, 2.75) is 58.3 Å². The summed E-state index contributed by atoms with van der Waals surface area (Å²) in [5.41, 5.74) is 0. The molecule has 45 heavy (non-hydrogen) atoms. The molecule has 272 valence electrons. The van der Waals surface area contributed by atoms with E-state index in [1.807, 2.05) is 7.05 Å². The van der Waals surface area contributed by atoms with Gasteiger partial charge in [0.05, 0.1) is 139 Å². The minimum atomic E-state index is 0.525. The SMILES string of the molecule is CCCCCCCCCCOCCOCCOCCOCCOCCOCCOCCOCCOCCOCCOCCNC. The fraction of sp³-hybridized carbons (Fsp3) is 1.00. The van der Waals surface area contributed by atoms with Gasteiger partial charge in [-0.05, 0) is 13.5 Å². The fourth-order valence-corrected chi connectivity index (χ4v) is 3.81. The second-order valence-corrected chi connectivity index (χ2v) is 10.3. The quantitative estimate of drug-likeness (QED) is 0.0971. The molecule has 12 nitrogen and oxygen atoms in total. The summed E-state index contributed by atoms with van der Waals surface area (Å²) in [5.74, 6) is 0. The standard InChI is InChI=1S/C33H69NO11/c1-3-4-5-6-7-8-9-10-12-35-14-16-37-18-20-39-22-24-41-26-28-43-30-32-45-33-31-44-29-27-42-25-23-40-21-19-38-17-15-36-13-11-34-2/h34H,3-33H2,1-2H3. The molecular weight excluding hydrogens is 586 g/mol. The zero-order chi connectivity index (χ0) is 32.4. The van der Waals surface area contributed by atoms with Crippen LogP contribution in [0, 0.1) is 0 Å². The maximum atomic E-state index is 5.62. The van der Waals surface area contributed by atoms with Gasteiger partial charge in [-0.25, -0.2) is 0 Å². The highest BCUT2D eigenvalue weighted by Crippen LogP contribution is 2.08. The molecule has 0 aliphatic rings. The summed E-state index contributed by atoms with van der Waals surface area (Å²) >= 11 is 0. The third kappa shape index (κ3) is 43.5. The molecule has 0 radical (unpaired) electrons. The van der Waals surface area contributed by atoms with E-state index in [9.17, 15) is 0 Å². The van der Waals surface area contributed by atoms with Crippen molar-refractivity contribution in [3.8, 4) is 0 Å². The molecule has 0 aromatic heterocycles. The number of hydrogen-bond acceptors (Lipinski definition) is 12. The molecule has 0 spiro atoms. The summed E-state index contributed by atoms with van der Waals surface area (Å²) in [4.78, 5) is 0. The predicted molar refractivity (Wildman–Crippen MR) is 176 cm³/mol. The molecule has 0 amide bonds. The first-order chi connectivity index (χ1) is 22.4. The van der Waals surface area contributed by atoms with E-state index in [0.717, 1.165) is 19.6 Å². The number of hydrogen-bond donors (Lipinski definition) is 1. The van der Waals surface area contributed by atoms with Crippen LogP contribution >= 0.6 is 0 Å². The molecule has 1 N–H and O–H groups in total. The van der Waals surface area contributed by atoms with Gasteiger partial charge in [0.1, 0.15) is 0 Å². The average Bonchev–Trinajstić information content (AvgIpc) is 3.05. The Morgan fingerprint density at radius 3 is 0.756 bits per heavy atom. The van der Waals surface area contributed by atoms with Crippen molar-refractivity contribution in [2.75, 3.05) is 159 Å². The van der Waals surface area contributed by atoms with Crippen LogP contribution in [-0.2, 0) is 52.1 Å². The first-order valence-electron chi connectivity index (χ1n) is 17.4. The third-order valence-corrected chi connectivity index (χ3v) is 6.36. The highest BCUT2D eigenvalue weighted by molar-refractivity contribution is 4.46. The van der Waals surface area contributed by atoms with E-state index < -0.39 is 0 Å². The minimum absolute atomic E-state index is 0.525. The summed E-state index contributed by atoms with van der Waals surface area (Å²) in [6, 6.07) is 0. The summed E-state index contributed by atoms with van der Waals surface area (Å²) < 4.78 is 60.3. The Morgan fingerprint density at radius 1 is 0.267 bits per heavy atom. The average molecular weight is 656 g/mol. The molecule has 0 unspecified atom stereocenters. The lowest BCUT2D eigenvalue weighted by molar-refractivity contribution is -0.0274. The Morgan fingerprint density at radius 2 is 0.489 bits per heavy atom. The van der Waals surface area contributed by atoms with Crippen molar-refractivity contribution in [1.82, 2.24) is 5.32 Å². The van der Waals surface area contributed by atoms with Crippen LogP contribution in [0.1, 0.15) is 58.3 Å². The predicted octanol–water partition coefficient (Wildman–Crippen LogP) is 3.53. The largest absolute Gasteiger partial charge is 0.379 e. The zero-order valence-corrected chi connectivity index (χ0v) is 28.9. The van der Waals surface area contributed by atoms with Gasteiger partial charge in [-0.2, -0.15) is 0 Å². The van der Waals surface area contributed by atoms with Gasteiger partial charge in [-0.3, -0.25) is 0 Å². The second-order valence-electron chi connectivity index (χ2n) is 10.3. The molecule has 0 aliphatic carbocycles. The maximum Gasteiger partial charge on any atom is 0.0701 e. The van der Waals surface area contributed by atoms with E-state index in [-0.39, 0.29) is 0 Å². The molecule has 12 heteroatoms. The van der Waals surface area contributed by atoms with Gasteiger partial charge in [0.25, 0.3) is 0 Å². The number of rotatable bonds is 42. The highest BCUT2D eigenvalue weighted by Gasteiger charge is 1.97. The zero-order valence-electron chi connectivity index (χ0n) is 28.9. The van der Waals surface area contributed by atoms with E-state index in [1.165, 1.54) is 44.9 Å². The lowest BCUT2D eigenvalue weighted by Crippen LogP contribution is -2.17. The maximum absolute atomic E-state index is 5.62.